The van der Waals surface area contributed by atoms with Crippen molar-refractivity contribution in [2.45, 2.75) is 24.7 Å². The van der Waals surface area contributed by atoms with Crippen molar-refractivity contribution in [3.05, 3.63) is 12.8 Å². The number of hydrogen-bond acceptors (Lipinski definition) is 1. The van der Waals surface area contributed by atoms with Gasteiger partial charge in [0, 0.05) is 0 Å². The van der Waals surface area contributed by atoms with Gasteiger partial charge in [0.15, 0.2) is 6.61 Å². The molecule has 0 N–H and O–H groups in total. The third kappa shape index (κ3) is 3.47. The molecule has 0 saturated carbocycles. The van der Waals surface area contributed by atoms with Crippen LogP contribution in [0.1, 0.15) is 6.42 Å². The first-order valence-corrected chi connectivity index (χ1v) is 3.49. The highest BCUT2D eigenvalue weighted by atomic mass is 19.3. The Kier molecular flexibility index (Phi) is 4.28. The maximum Gasteiger partial charge on any atom is 0.343 e. The van der Waals surface area contributed by atoms with E-state index in [2.05, 4.69) is 11.3 Å². The van der Waals surface area contributed by atoms with E-state index in [0.29, 0.717) is 6.26 Å². The molecule has 0 heterocycles. The number of halogens is 6. The fourth-order valence-corrected chi connectivity index (χ4v) is 0.612. The van der Waals surface area contributed by atoms with Gasteiger partial charge in [-0.15, -0.1) is 0 Å². The largest absolute Gasteiger partial charge is 0.495 e. The molecule has 14 heavy (non-hydrogen) atoms. The van der Waals surface area contributed by atoms with Crippen molar-refractivity contribution >= 4 is 0 Å². The summed E-state index contributed by atoms with van der Waals surface area (Å²) in [5.41, 5.74) is 0. The van der Waals surface area contributed by atoms with Crippen LogP contribution in [-0.2, 0) is 4.74 Å². The van der Waals surface area contributed by atoms with Crippen LogP contribution >= 0.6 is 0 Å². The summed E-state index contributed by atoms with van der Waals surface area (Å²) >= 11 is 0. The maximum absolute atomic E-state index is 12.5. The minimum Gasteiger partial charge on any atom is -0.495 e. The molecule has 0 aromatic carbocycles. The summed E-state index contributed by atoms with van der Waals surface area (Å²) in [5.74, 6) is -9.41. The average molecular weight is 222 g/mol. The third-order valence-corrected chi connectivity index (χ3v) is 1.33. The molecule has 0 radical (unpaired) electrons. The Morgan fingerprint density at radius 1 is 1.14 bits per heavy atom. The van der Waals surface area contributed by atoms with E-state index < -0.39 is 31.3 Å². The van der Waals surface area contributed by atoms with Gasteiger partial charge in [0.2, 0.25) is 6.43 Å². The van der Waals surface area contributed by atoms with E-state index in [1.165, 1.54) is 0 Å². The van der Waals surface area contributed by atoms with Crippen LogP contribution in [0.5, 0.6) is 0 Å². The monoisotopic (exact) mass is 222 g/mol. The first-order valence-electron chi connectivity index (χ1n) is 3.49. The second-order valence-electron chi connectivity index (χ2n) is 2.48. The second kappa shape index (κ2) is 4.56. The molecule has 0 aromatic heterocycles. The predicted octanol–water partition coefficient (Wildman–Crippen LogP) is 3.07. The first-order chi connectivity index (χ1) is 6.23. The molecule has 1 nitrogen and oxygen atoms in total. The SMILES string of the molecule is C=COCC(F)(F)C(F)(F)CC(F)F. The lowest BCUT2D eigenvalue weighted by molar-refractivity contribution is -0.239. The lowest BCUT2D eigenvalue weighted by atomic mass is 10.1. The molecule has 0 aromatic rings. The number of rotatable bonds is 6. The zero-order chi connectivity index (χ0) is 11.4. The minimum absolute atomic E-state index is 0.534. The number of alkyl halides is 6. The van der Waals surface area contributed by atoms with Gasteiger partial charge in [-0.05, 0) is 0 Å². The summed E-state index contributed by atoms with van der Waals surface area (Å²) in [6.07, 6.45) is -5.16. The zero-order valence-electron chi connectivity index (χ0n) is 6.95. The Balaban J connectivity index is 4.42. The van der Waals surface area contributed by atoms with E-state index in [9.17, 15) is 26.3 Å². The van der Waals surface area contributed by atoms with Crippen LogP contribution in [-0.4, -0.2) is 24.9 Å². The Hall–Kier alpha value is -0.880. The third-order valence-electron chi connectivity index (χ3n) is 1.33. The van der Waals surface area contributed by atoms with Gasteiger partial charge in [-0.3, -0.25) is 0 Å². The highest BCUT2D eigenvalue weighted by Crippen LogP contribution is 2.38. The van der Waals surface area contributed by atoms with Gasteiger partial charge >= 0.3 is 11.8 Å². The second-order valence-corrected chi connectivity index (χ2v) is 2.48. The molecular formula is C7H8F6O. The first kappa shape index (κ1) is 13.1. The molecule has 0 amide bonds. The Labute approximate surface area is 76.3 Å². The van der Waals surface area contributed by atoms with Crippen LogP contribution < -0.4 is 0 Å². The van der Waals surface area contributed by atoms with Crippen molar-refractivity contribution < 1.29 is 31.1 Å². The summed E-state index contributed by atoms with van der Waals surface area (Å²) in [4.78, 5) is 0. The summed E-state index contributed by atoms with van der Waals surface area (Å²) < 4.78 is 76.7. The fourth-order valence-electron chi connectivity index (χ4n) is 0.612. The lowest BCUT2D eigenvalue weighted by Crippen LogP contribution is -2.45. The van der Waals surface area contributed by atoms with E-state index in [-0.39, 0.29) is 0 Å². The molecule has 0 aliphatic heterocycles. The zero-order valence-corrected chi connectivity index (χ0v) is 6.95. The smallest absolute Gasteiger partial charge is 0.343 e. The minimum atomic E-state index is -4.79. The number of ether oxygens (including phenoxy) is 1. The van der Waals surface area contributed by atoms with Crippen LogP contribution in [0.25, 0.3) is 0 Å². The van der Waals surface area contributed by atoms with Gasteiger partial charge in [-0.25, -0.2) is 8.78 Å². The van der Waals surface area contributed by atoms with Crippen LogP contribution in [0.3, 0.4) is 0 Å². The number of hydrogen-bond donors (Lipinski definition) is 0. The van der Waals surface area contributed by atoms with Crippen molar-refractivity contribution in [1.29, 1.82) is 0 Å². The van der Waals surface area contributed by atoms with Gasteiger partial charge in [-0.2, -0.15) is 17.6 Å². The summed E-state index contributed by atoms with van der Waals surface area (Å²) in [7, 11) is 0. The summed E-state index contributed by atoms with van der Waals surface area (Å²) in [6.45, 7) is 1.19. The fraction of sp³-hybridized carbons (Fsp3) is 0.714. The van der Waals surface area contributed by atoms with Crippen molar-refractivity contribution in [1.82, 2.24) is 0 Å². The van der Waals surface area contributed by atoms with Crippen LogP contribution in [0.15, 0.2) is 12.8 Å². The van der Waals surface area contributed by atoms with E-state index in [0.717, 1.165) is 0 Å². The molecule has 0 rings (SSSR count). The highest BCUT2D eigenvalue weighted by molar-refractivity contribution is 4.85. The van der Waals surface area contributed by atoms with Crippen molar-refractivity contribution in [2.75, 3.05) is 6.61 Å². The molecule has 0 atom stereocenters. The van der Waals surface area contributed by atoms with Gasteiger partial charge in [0.1, 0.15) is 0 Å². The highest BCUT2D eigenvalue weighted by Gasteiger charge is 2.57. The maximum atomic E-state index is 12.5. The van der Waals surface area contributed by atoms with Gasteiger partial charge in [-0.1, -0.05) is 6.58 Å². The van der Waals surface area contributed by atoms with Crippen LogP contribution in [0.2, 0.25) is 0 Å². The molecule has 84 valence electrons. The molecule has 7 heteroatoms. The topological polar surface area (TPSA) is 9.23 Å². The van der Waals surface area contributed by atoms with Gasteiger partial charge in [0.05, 0.1) is 12.7 Å². The molecule has 0 fully saturated rings. The van der Waals surface area contributed by atoms with Gasteiger partial charge in [0.25, 0.3) is 0 Å². The Morgan fingerprint density at radius 3 is 2.00 bits per heavy atom. The normalized spacial score (nSPS) is 13.1. The van der Waals surface area contributed by atoms with E-state index >= 15 is 0 Å². The Bertz CT molecular complexity index is 191. The van der Waals surface area contributed by atoms with Gasteiger partial charge < -0.3 is 4.74 Å². The molecule has 0 aliphatic rings. The lowest BCUT2D eigenvalue weighted by Gasteiger charge is -2.25. The van der Waals surface area contributed by atoms with Crippen molar-refractivity contribution in [2.24, 2.45) is 0 Å². The molecule has 0 aliphatic carbocycles. The van der Waals surface area contributed by atoms with Crippen LogP contribution in [0.4, 0.5) is 26.3 Å². The quantitative estimate of drug-likeness (QED) is 0.495. The molecule has 0 saturated heterocycles. The molecule has 0 bridgehead atoms. The van der Waals surface area contributed by atoms with Crippen molar-refractivity contribution in [3.8, 4) is 0 Å². The van der Waals surface area contributed by atoms with E-state index in [1.54, 1.807) is 0 Å². The van der Waals surface area contributed by atoms with Crippen molar-refractivity contribution in [3.63, 3.8) is 0 Å². The Morgan fingerprint density at radius 2 is 1.64 bits per heavy atom. The van der Waals surface area contributed by atoms with Crippen LogP contribution in [0, 0.1) is 0 Å². The molecule has 0 unspecified atom stereocenters. The average Bonchev–Trinajstić information content (AvgIpc) is 1.98. The predicted molar refractivity (Wildman–Crippen MR) is 36.7 cm³/mol. The molecule has 0 spiro atoms. The standard InChI is InChI=1S/C7H8F6O/c1-2-14-4-7(12,13)6(10,11)3-5(8)9/h2,5H,1,3-4H2. The molecular weight excluding hydrogens is 214 g/mol. The van der Waals surface area contributed by atoms with E-state index in [1.807, 2.05) is 0 Å². The summed E-state index contributed by atoms with van der Waals surface area (Å²) in [6, 6.07) is 0. The van der Waals surface area contributed by atoms with E-state index in [4.69, 9.17) is 0 Å². The summed E-state index contributed by atoms with van der Waals surface area (Å²) in [5, 5.41) is 0.